The van der Waals surface area contributed by atoms with Crippen LogP contribution in [0.25, 0.3) is 11.0 Å². The molecule has 3 aromatic rings. The summed E-state index contributed by atoms with van der Waals surface area (Å²) in [7, 11) is 0. The molecule has 134 valence electrons. The molecule has 0 amide bonds. The second-order valence-electron chi connectivity index (χ2n) is 6.42. The molecule has 1 N–H and O–H groups in total. The molecule has 1 unspecified atom stereocenters. The number of aryl methyl sites for hydroxylation is 1. The fourth-order valence-corrected chi connectivity index (χ4v) is 4.59. The fourth-order valence-electron chi connectivity index (χ4n) is 3.39. The Morgan fingerprint density at radius 3 is 3.19 bits per heavy atom. The van der Waals surface area contributed by atoms with Crippen molar-refractivity contribution in [1.29, 1.82) is 0 Å². The number of nitrogens with one attached hydrogen (secondary N) is 1. The molecule has 6 heteroatoms. The zero-order valence-corrected chi connectivity index (χ0v) is 15.5. The summed E-state index contributed by atoms with van der Waals surface area (Å²) in [6, 6.07) is 10.1. The number of ether oxygens (including phenoxy) is 1. The highest BCUT2D eigenvalue weighted by molar-refractivity contribution is 7.99. The molecule has 0 spiro atoms. The van der Waals surface area contributed by atoms with E-state index in [9.17, 15) is 4.79 Å². The minimum Gasteiger partial charge on any atom is -0.466 e. The number of imidazole rings is 1. The van der Waals surface area contributed by atoms with Crippen LogP contribution in [-0.2, 0) is 22.4 Å². The number of thioether (sulfide) groups is 1. The first-order valence-corrected chi connectivity index (χ1v) is 9.85. The van der Waals surface area contributed by atoms with Crippen LogP contribution in [0.5, 0.6) is 0 Å². The van der Waals surface area contributed by atoms with Gasteiger partial charge < -0.3 is 9.72 Å². The van der Waals surface area contributed by atoms with E-state index < -0.39 is 0 Å². The molecule has 26 heavy (non-hydrogen) atoms. The minimum atomic E-state index is -0.207. The first-order valence-electron chi connectivity index (χ1n) is 8.97. The Balaban J connectivity index is 1.54. The monoisotopic (exact) mass is 367 g/mol. The van der Waals surface area contributed by atoms with Crippen molar-refractivity contribution in [3.05, 3.63) is 53.3 Å². The number of hydrogen-bond donors (Lipinski definition) is 1. The van der Waals surface area contributed by atoms with E-state index in [2.05, 4.69) is 16.0 Å². The van der Waals surface area contributed by atoms with Gasteiger partial charge in [-0.05, 0) is 55.5 Å². The molecular weight excluding hydrogens is 346 g/mol. The molecule has 0 aliphatic heterocycles. The lowest BCUT2D eigenvalue weighted by Gasteiger charge is -2.22. The maximum Gasteiger partial charge on any atom is 0.310 e. The lowest BCUT2D eigenvalue weighted by Crippen LogP contribution is -2.09. The average molecular weight is 367 g/mol. The summed E-state index contributed by atoms with van der Waals surface area (Å²) < 4.78 is 5.02. The first-order chi connectivity index (χ1) is 12.7. The van der Waals surface area contributed by atoms with Crippen LogP contribution in [0.2, 0.25) is 0 Å². The van der Waals surface area contributed by atoms with E-state index >= 15 is 0 Å². The molecule has 0 bridgehead atoms. The van der Waals surface area contributed by atoms with E-state index in [-0.39, 0.29) is 12.4 Å². The summed E-state index contributed by atoms with van der Waals surface area (Å²) in [5, 5.41) is 1.23. The van der Waals surface area contributed by atoms with Crippen molar-refractivity contribution in [3.63, 3.8) is 0 Å². The molecular formula is C20H21N3O2S. The van der Waals surface area contributed by atoms with Gasteiger partial charge in [0.1, 0.15) is 0 Å². The van der Waals surface area contributed by atoms with Crippen LogP contribution >= 0.6 is 11.8 Å². The molecule has 2 aromatic heterocycles. The summed E-state index contributed by atoms with van der Waals surface area (Å²) in [4.78, 5) is 24.4. The second-order valence-corrected chi connectivity index (χ2v) is 7.61. The third-order valence-electron chi connectivity index (χ3n) is 4.58. The summed E-state index contributed by atoms with van der Waals surface area (Å²) in [6.45, 7) is 2.22. The zero-order chi connectivity index (χ0) is 17.9. The van der Waals surface area contributed by atoms with E-state index in [0.717, 1.165) is 34.6 Å². The molecule has 1 aliphatic rings. The van der Waals surface area contributed by atoms with Crippen LogP contribution in [-0.4, -0.2) is 27.5 Å². The van der Waals surface area contributed by atoms with E-state index in [1.165, 1.54) is 17.7 Å². The predicted molar refractivity (Wildman–Crippen MR) is 102 cm³/mol. The highest BCUT2D eigenvalue weighted by Crippen LogP contribution is 2.41. The lowest BCUT2D eigenvalue weighted by molar-refractivity contribution is -0.142. The van der Waals surface area contributed by atoms with E-state index in [0.29, 0.717) is 11.9 Å². The molecule has 1 aromatic carbocycles. The van der Waals surface area contributed by atoms with Crippen molar-refractivity contribution in [2.24, 2.45) is 0 Å². The smallest absolute Gasteiger partial charge is 0.310 e. The fraction of sp³-hybridized carbons (Fsp3) is 0.350. The third-order valence-corrected chi connectivity index (χ3v) is 5.74. The van der Waals surface area contributed by atoms with Crippen LogP contribution < -0.4 is 0 Å². The third kappa shape index (κ3) is 3.60. The molecule has 5 nitrogen and oxygen atoms in total. The van der Waals surface area contributed by atoms with Crippen molar-refractivity contribution >= 4 is 28.8 Å². The van der Waals surface area contributed by atoms with E-state index in [1.54, 1.807) is 11.8 Å². The highest BCUT2D eigenvalue weighted by Gasteiger charge is 2.23. The number of esters is 1. The molecule has 1 aliphatic carbocycles. The van der Waals surface area contributed by atoms with Gasteiger partial charge in [0.05, 0.1) is 35.0 Å². The molecule has 1 atom stereocenters. The standard InChI is InChI=1S/C20H21N3O2S/c1-2-25-18(24)12-13-8-9-15-16(11-13)23-20(22-15)26-17-7-3-5-14-6-4-10-21-19(14)17/h4,6,8-11,17H,2-3,5,7,12H2,1H3,(H,22,23). The number of fused-ring (bicyclic) bond motifs is 2. The average Bonchev–Trinajstić information content (AvgIpc) is 3.04. The van der Waals surface area contributed by atoms with Gasteiger partial charge in [0.15, 0.2) is 5.16 Å². The molecule has 0 saturated heterocycles. The number of carbonyl (C=O) groups is 1. The summed E-state index contributed by atoms with van der Waals surface area (Å²) in [5.41, 5.74) is 5.32. The van der Waals surface area contributed by atoms with Gasteiger partial charge in [0.25, 0.3) is 0 Å². The van der Waals surface area contributed by atoms with E-state index in [1.807, 2.05) is 37.4 Å². The number of rotatable bonds is 5. The number of H-pyrrole nitrogens is 1. The van der Waals surface area contributed by atoms with E-state index in [4.69, 9.17) is 9.72 Å². The second kappa shape index (κ2) is 7.50. The SMILES string of the molecule is CCOC(=O)Cc1ccc2[nH]c(SC3CCCc4cccnc43)nc2c1. The van der Waals surface area contributed by atoms with Gasteiger partial charge in [-0.3, -0.25) is 9.78 Å². The Kier molecular flexibility index (Phi) is 4.93. The Morgan fingerprint density at radius 2 is 2.31 bits per heavy atom. The molecule has 0 radical (unpaired) electrons. The van der Waals surface area contributed by atoms with Gasteiger partial charge in [-0.1, -0.05) is 23.9 Å². The van der Waals surface area contributed by atoms with Crippen molar-refractivity contribution in [1.82, 2.24) is 15.0 Å². The lowest BCUT2D eigenvalue weighted by atomic mass is 9.96. The van der Waals surface area contributed by atoms with Gasteiger partial charge in [0.2, 0.25) is 0 Å². The van der Waals surface area contributed by atoms with Crippen molar-refractivity contribution in [3.8, 4) is 0 Å². The Bertz CT molecular complexity index is 938. The quantitative estimate of drug-likeness (QED) is 0.684. The minimum absolute atomic E-state index is 0.207. The maximum atomic E-state index is 11.7. The zero-order valence-electron chi connectivity index (χ0n) is 14.7. The number of benzene rings is 1. The number of aromatic nitrogens is 3. The normalized spacial score (nSPS) is 16.4. The van der Waals surface area contributed by atoms with Gasteiger partial charge in [-0.2, -0.15) is 0 Å². The van der Waals surface area contributed by atoms with Crippen LogP contribution in [0.3, 0.4) is 0 Å². The Morgan fingerprint density at radius 1 is 1.38 bits per heavy atom. The number of aromatic amines is 1. The number of hydrogen-bond acceptors (Lipinski definition) is 5. The van der Waals surface area contributed by atoms with Gasteiger partial charge in [0, 0.05) is 6.20 Å². The predicted octanol–water partition coefficient (Wildman–Crippen LogP) is 4.23. The summed E-state index contributed by atoms with van der Waals surface area (Å²) >= 11 is 1.74. The van der Waals surface area contributed by atoms with Crippen LogP contribution in [0, 0.1) is 0 Å². The topological polar surface area (TPSA) is 67.9 Å². The summed E-state index contributed by atoms with van der Waals surface area (Å²) in [5.74, 6) is -0.207. The number of carbonyl (C=O) groups excluding carboxylic acids is 1. The summed E-state index contributed by atoms with van der Waals surface area (Å²) in [6.07, 6.45) is 5.55. The molecule has 2 heterocycles. The van der Waals surface area contributed by atoms with Crippen LogP contribution in [0.15, 0.2) is 41.7 Å². The number of nitrogens with zero attached hydrogens (tertiary/aromatic N) is 2. The van der Waals surface area contributed by atoms with Gasteiger partial charge in [-0.15, -0.1) is 0 Å². The maximum absolute atomic E-state index is 11.7. The Hall–Kier alpha value is -2.34. The van der Waals surface area contributed by atoms with Crippen molar-refractivity contribution in [2.45, 2.75) is 43.0 Å². The highest BCUT2D eigenvalue weighted by atomic mass is 32.2. The first kappa shape index (κ1) is 17.1. The van der Waals surface area contributed by atoms with Crippen LogP contribution in [0.4, 0.5) is 0 Å². The molecule has 0 saturated carbocycles. The largest absolute Gasteiger partial charge is 0.466 e. The van der Waals surface area contributed by atoms with Gasteiger partial charge >= 0.3 is 5.97 Å². The van der Waals surface area contributed by atoms with Crippen molar-refractivity contribution < 1.29 is 9.53 Å². The van der Waals surface area contributed by atoms with Crippen molar-refractivity contribution in [2.75, 3.05) is 6.61 Å². The van der Waals surface area contributed by atoms with Gasteiger partial charge in [-0.25, -0.2) is 4.98 Å². The molecule has 0 fully saturated rings. The Labute approximate surface area is 156 Å². The number of pyridine rings is 1. The van der Waals surface area contributed by atoms with Crippen LogP contribution in [0.1, 0.15) is 41.8 Å². The molecule has 4 rings (SSSR count).